The van der Waals surface area contributed by atoms with E-state index in [2.05, 4.69) is 15.1 Å². The van der Waals surface area contributed by atoms with Crippen LogP contribution in [0, 0.1) is 5.92 Å². The summed E-state index contributed by atoms with van der Waals surface area (Å²) in [6.45, 7) is 3.88. The van der Waals surface area contributed by atoms with Gasteiger partial charge in [-0.05, 0) is 44.4 Å². The molecule has 4 unspecified atom stereocenters. The highest BCUT2D eigenvalue weighted by atomic mass is 16.5. The number of rotatable bonds is 7. The van der Waals surface area contributed by atoms with E-state index < -0.39 is 0 Å². The number of likely N-dealkylation sites (tertiary alicyclic amines) is 1. The topological polar surface area (TPSA) is 88.1 Å². The Morgan fingerprint density at radius 3 is 2.50 bits per heavy atom. The van der Waals surface area contributed by atoms with Crippen LogP contribution in [0.25, 0.3) is 0 Å². The maximum Gasteiger partial charge on any atom is 0.323 e. The quantitative estimate of drug-likeness (QED) is 0.533. The van der Waals surface area contributed by atoms with Crippen molar-refractivity contribution in [1.29, 1.82) is 0 Å². The molecule has 1 aliphatic carbocycles. The van der Waals surface area contributed by atoms with Gasteiger partial charge in [-0.15, -0.1) is 0 Å². The third-order valence-corrected chi connectivity index (χ3v) is 7.89. The number of methoxy groups -OCH3 is 2. The van der Waals surface area contributed by atoms with Gasteiger partial charge >= 0.3 is 5.97 Å². The minimum Gasteiger partial charge on any atom is -0.468 e. The number of ether oxygens (including phenoxy) is 3. The Hall–Kier alpha value is -0.770. The van der Waals surface area contributed by atoms with Gasteiger partial charge in [0.05, 0.1) is 38.1 Å². The fourth-order valence-electron chi connectivity index (χ4n) is 6.10. The maximum absolute atomic E-state index is 12.5. The highest BCUT2D eigenvalue weighted by molar-refractivity contribution is 5.76. The number of nitrogens with two attached hydrogens (primary N) is 1. The average Bonchev–Trinajstić information content (AvgIpc) is 3.40. The molecule has 3 N–H and O–H groups in total. The third kappa shape index (κ3) is 5.00. The van der Waals surface area contributed by atoms with Crippen molar-refractivity contribution in [2.75, 3.05) is 47.1 Å². The zero-order valence-electron chi connectivity index (χ0n) is 18.6. The lowest BCUT2D eigenvalue weighted by atomic mass is 9.86. The normalized spacial score (nSPS) is 40.4. The van der Waals surface area contributed by atoms with Gasteiger partial charge in [-0.25, -0.2) is 4.90 Å². The number of nitrogens with zero attached hydrogens (tertiary/aromatic N) is 2. The van der Waals surface area contributed by atoms with Crippen LogP contribution < -0.4 is 5.32 Å². The van der Waals surface area contributed by atoms with E-state index in [1.165, 1.54) is 32.8 Å². The van der Waals surface area contributed by atoms with E-state index >= 15 is 0 Å². The van der Waals surface area contributed by atoms with Crippen LogP contribution in [-0.4, -0.2) is 104 Å². The number of aliphatic hydroxyl groups excluding tert-OH is 1. The Morgan fingerprint density at radius 2 is 1.83 bits per heavy atom. The first-order valence-corrected chi connectivity index (χ1v) is 11.8. The number of piperidine rings is 1. The molecule has 0 amide bonds. The molecule has 0 aromatic carbocycles. The second-order valence-electron chi connectivity index (χ2n) is 9.67. The van der Waals surface area contributed by atoms with Gasteiger partial charge in [0, 0.05) is 33.2 Å². The van der Waals surface area contributed by atoms with E-state index in [1.807, 2.05) is 7.11 Å². The van der Waals surface area contributed by atoms with Crippen molar-refractivity contribution in [3.8, 4) is 0 Å². The summed E-state index contributed by atoms with van der Waals surface area (Å²) in [5, 5.41) is 11.8. The predicted molar refractivity (Wildman–Crippen MR) is 111 cm³/mol. The SMILES string of the molecule is COC(=O)[C@@H]1CC2[NH2+]CN(CC3CCC(OC)CC3)C2CN1CC1CCC(CO)O1. The highest BCUT2D eigenvalue weighted by Gasteiger charge is 2.48. The van der Waals surface area contributed by atoms with Crippen LogP contribution in [0.5, 0.6) is 0 Å². The van der Waals surface area contributed by atoms with E-state index in [-0.39, 0.29) is 30.8 Å². The molecule has 3 aliphatic heterocycles. The summed E-state index contributed by atoms with van der Waals surface area (Å²) in [5.41, 5.74) is 0. The van der Waals surface area contributed by atoms with Gasteiger partial charge < -0.3 is 24.6 Å². The van der Waals surface area contributed by atoms with Crippen molar-refractivity contribution in [1.82, 2.24) is 9.80 Å². The molecule has 0 aromatic heterocycles. The van der Waals surface area contributed by atoms with Crippen LogP contribution in [0.1, 0.15) is 44.9 Å². The zero-order valence-corrected chi connectivity index (χ0v) is 18.6. The van der Waals surface area contributed by atoms with Crippen LogP contribution in [0.3, 0.4) is 0 Å². The van der Waals surface area contributed by atoms with Gasteiger partial charge in [-0.3, -0.25) is 9.69 Å². The van der Waals surface area contributed by atoms with Crippen molar-refractivity contribution in [2.24, 2.45) is 5.92 Å². The first kappa shape index (κ1) is 22.4. The van der Waals surface area contributed by atoms with Crippen LogP contribution >= 0.6 is 0 Å². The number of fused-ring (bicyclic) bond motifs is 1. The molecule has 30 heavy (non-hydrogen) atoms. The lowest BCUT2D eigenvalue weighted by molar-refractivity contribution is -0.678. The molecule has 1 saturated carbocycles. The fraction of sp³-hybridized carbons (Fsp3) is 0.955. The third-order valence-electron chi connectivity index (χ3n) is 7.89. The lowest BCUT2D eigenvalue weighted by Gasteiger charge is -2.41. The summed E-state index contributed by atoms with van der Waals surface area (Å²) in [6, 6.07) is 0.734. The number of carbonyl (C=O) groups is 1. The molecule has 172 valence electrons. The van der Waals surface area contributed by atoms with Crippen molar-refractivity contribution in [2.45, 2.75) is 81.4 Å². The van der Waals surface area contributed by atoms with Crippen LogP contribution in [-0.2, 0) is 19.0 Å². The van der Waals surface area contributed by atoms with Crippen molar-refractivity contribution in [3.63, 3.8) is 0 Å². The molecule has 0 spiro atoms. The van der Waals surface area contributed by atoms with Gasteiger partial charge in [0.25, 0.3) is 0 Å². The summed E-state index contributed by atoms with van der Waals surface area (Å²) in [5.74, 6) is 0.619. The monoisotopic (exact) mass is 426 g/mol. The van der Waals surface area contributed by atoms with Crippen molar-refractivity contribution in [3.05, 3.63) is 0 Å². The Bertz CT molecular complexity index is 571. The van der Waals surface area contributed by atoms with Gasteiger partial charge in [0.1, 0.15) is 18.8 Å². The number of hydrogen-bond acceptors (Lipinski definition) is 7. The molecule has 3 saturated heterocycles. The molecular formula is C22H40N3O5+. The molecule has 8 heteroatoms. The summed E-state index contributed by atoms with van der Waals surface area (Å²) in [4.78, 5) is 17.5. The van der Waals surface area contributed by atoms with Crippen molar-refractivity contribution < 1.29 is 29.4 Å². The Balaban J connectivity index is 1.37. The minimum atomic E-state index is -0.193. The van der Waals surface area contributed by atoms with E-state index in [4.69, 9.17) is 14.2 Å². The second-order valence-corrected chi connectivity index (χ2v) is 9.67. The number of aliphatic hydroxyl groups is 1. The van der Waals surface area contributed by atoms with E-state index in [9.17, 15) is 9.90 Å². The maximum atomic E-state index is 12.5. The summed E-state index contributed by atoms with van der Waals surface area (Å²) in [7, 11) is 3.32. The van der Waals surface area contributed by atoms with Crippen LogP contribution in [0.15, 0.2) is 0 Å². The Kier molecular flexibility index (Phi) is 7.65. The Morgan fingerprint density at radius 1 is 1.07 bits per heavy atom. The average molecular weight is 427 g/mol. The number of quaternary nitrogens is 1. The zero-order chi connectivity index (χ0) is 21.1. The summed E-state index contributed by atoms with van der Waals surface area (Å²) in [6.07, 6.45) is 8.01. The largest absolute Gasteiger partial charge is 0.468 e. The summed E-state index contributed by atoms with van der Waals surface area (Å²) < 4.78 is 16.7. The van der Waals surface area contributed by atoms with Gasteiger partial charge in [-0.2, -0.15) is 0 Å². The minimum absolute atomic E-state index is 0.0531. The fourth-order valence-corrected chi connectivity index (χ4v) is 6.10. The molecule has 4 aliphatic rings. The smallest absolute Gasteiger partial charge is 0.323 e. The van der Waals surface area contributed by atoms with E-state index in [0.717, 1.165) is 51.5 Å². The Labute approximate surface area is 180 Å². The molecule has 8 nitrogen and oxygen atoms in total. The highest BCUT2D eigenvalue weighted by Crippen LogP contribution is 2.30. The predicted octanol–water partition coefficient (Wildman–Crippen LogP) is -0.447. The van der Waals surface area contributed by atoms with Crippen LogP contribution in [0.4, 0.5) is 0 Å². The molecule has 0 radical (unpaired) electrons. The number of esters is 1. The summed E-state index contributed by atoms with van der Waals surface area (Å²) >= 11 is 0. The molecule has 4 rings (SSSR count). The second kappa shape index (κ2) is 10.2. The molecular weight excluding hydrogens is 386 g/mol. The van der Waals surface area contributed by atoms with Gasteiger partial charge in [0.2, 0.25) is 0 Å². The van der Waals surface area contributed by atoms with Gasteiger partial charge in [-0.1, -0.05) is 0 Å². The lowest BCUT2D eigenvalue weighted by Crippen LogP contribution is -2.89. The first-order valence-electron chi connectivity index (χ1n) is 11.8. The van der Waals surface area contributed by atoms with Crippen LogP contribution in [0.2, 0.25) is 0 Å². The molecule has 3 heterocycles. The van der Waals surface area contributed by atoms with Gasteiger partial charge in [0.15, 0.2) is 0 Å². The van der Waals surface area contributed by atoms with E-state index in [1.54, 1.807) is 0 Å². The number of hydrogen-bond donors (Lipinski definition) is 2. The molecule has 0 bridgehead atoms. The molecule has 4 fully saturated rings. The number of carbonyl (C=O) groups excluding carboxylic acids is 1. The molecule has 0 aromatic rings. The first-order chi connectivity index (χ1) is 14.6. The van der Waals surface area contributed by atoms with Crippen molar-refractivity contribution >= 4 is 5.97 Å². The van der Waals surface area contributed by atoms with E-state index in [0.29, 0.717) is 18.2 Å². The standard InChI is InChI=1S/C22H39N3O5/c1-28-16-5-3-15(4-6-16)10-25-14-23-19-9-20(22(27)29-2)24(12-21(19)25)11-17-7-8-18(13-26)30-17/h15-21,23,26H,3-14H2,1-2H3/p+1/t15?,16?,17?,18?,19?,20-,21?/m0/s1. The molecule has 5 atom stereocenters.